The molecule has 0 aliphatic heterocycles. The van der Waals surface area contributed by atoms with Gasteiger partial charge in [-0.15, -0.1) is 0 Å². The Labute approximate surface area is 129 Å². The van der Waals surface area contributed by atoms with Crippen LogP contribution in [0.15, 0.2) is 24.3 Å². The van der Waals surface area contributed by atoms with E-state index in [4.69, 9.17) is 10.00 Å². The average molecular weight is 301 g/mol. The molecular formula is C16H19N3O3. The smallest absolute Gasteiger partial charge is 0.276 e. The molecule has 1 saturated carbocycles. The topological polar surface area (TPSA) is 91.2 Å². The highest BCUT2D eigenvalue weighted by atomic mass is 16.5. The average Bonchev–Trinajstić information content (AvgIpc) is 3.04. The molecule has 22 heavy (non-hydrogen) atoms. The van der Waals surface area contributed by atoms with Gasteiger partial charge >= 0.3 is 0 Å². The molecular weight excluding hydrogens is 282 g/mol. The lowest BCUT2D eigenvalue weighted by Crippen LogP contribution is -2.44. The third kappa shape index (κ3) is 4.77. The zero-order valence-electron chi connectivity index (χ0n) is 12.3. The van der Waals surface area contributed by atoms with Gasteiger partial charge in [0.2, 0.25) is 5.91 Å². The molecule has 116 valence electrons. The summed E-state index contributed by atoms with van der Waals surface area (Å²) in [5.74, 6) is 0.123. The molecule has 0 spiro atoms. The van der Waals surface area contributed by atoms with Crippen LogP contribution in [0.1, 0.15) is 37.7 Å². The Balaban J connectivity index is 1.69. The first kappa shape index (κ1) is 15.8. The fraction of sp³-hybridized carbons (Fsp3) is 0.438. The third-order valence-corrected chi connectivity index (χ3v) is 3.66. The molecule has 1 fully saturated rings. The second-order valence-corrected chi connectivity index (χ2v) is 5.35. The molecule has 0 radical (unpaired) electrons. The van der Waals surface area contributed by atoms with Gasteiger partial charge in [0.05, 0.1) is 5.56 Å². The van der Waals surface area contributed by atoms with Crippen LogP contribution in [0.5, 0.6) is 5.75 Å². The summed E-state index contributed by atoms with van der Waals surface area (Å²) in [6, 6.07) is 8.64. The number of nitriles is 1. The van der Waals surface area contributed by atoms with E-state index in [1.54, 1.807) is 24.3 Å². The molecule has 0 heterocycles. The van der Waals surface area contributed by atoms with Crippen LogP contribution in [0, 0.1) is 17.2 Å². The van der Waals surface area contributed by atoms with Gasteiger partial charge in [-0.1, -0.05) is 25.0 Å². The predicted octanol–water partition coefficient (Wildman–Crippen LogP) is 1.66. The lowest BCUT2D eigenvalue weighted by atomic mass is 10.0. The van der Waals surface area contributed by atoms with E-state index in [0.717, 1.165) is 12.8 Å². The van der Waals surface area contributed by atoms with Crippen LogP contribution in [0.2, 0.25) is 0 Å². The molecule has 2 N–H and O–H groups in total. The molecule has 0 atom stereocenters. The van der Waals surface area contributed by atoms with Crippen molar-refractivity contribution in [3.8, 4) is 11.8 Å². The van der Waals surface area contributed by atoms with Gasteiger partial charge in [-0.3, -0.25) is 20.4 Å². The van der Waals surface area contributed by atoms with Gasteiger partial charge in [0.15, 0.2) is 6.61 Å². The van der Waals surface area contributed by atoms with Gasteiger partial charge in [-0.25, -0.2) is 0 Å². The summed E-state index contributed by atoms with van der Waals surface area (Å²) in [7, 11) is 0. The number of benzene rings is 1. The van der Waals surface area contributed by atoms with E-state index in [1.165, 1.54) is 12.8 Å². The molecule has 0 bridgehead atoms. The lowest BCUT2D eigenvalue weighted by molar-refractivity contribution is -0.130. The number of carbonyl (C=O) groups excluding carboxylic acids is 2. The molecule has 1 aromatic carbocycles. The number of hydrogen-bond acceptors (Lipinski definition) is 4. The monoisotopic (exact) mass is 301 g/mol. The Hall–Kier alpha value is -2.55. The second-order valence-electron chi connectivity index (χ2n) is 5.35. The Bertz CT molecular complexity index is 574. The van der Waals surface area contributed by atoms with E-state index in [0.29, 0.717) is 23.7 Å². The molecule has 6 heteroatoms. The fourth-order valence-corrected chi connectivity index (χ4v) is 2.53. The zero-order chi connectivity index (χ0) is 15.8. The van der Waals surface area contributed by atoms with Crippen molar-refractivity contribution in [2.45, 2.75) is 32.1 Å². The predicted molar refractivity (Wildman–Crippen MR) is 79.5 cm³/mol. The molecule has 0 saturated heterocycles. The van der Waals surface area contributed by atoms with Crippen molar-refractivity contribution >= 4 is 11.8 Å². The summed E-state index contributed by atoms with van der Waals surface area (Å²) in [6.07, 6.45) is 4.95. The van der Waals surface area contributed by atoms with Crippen molar-refractivity contribution < 1.29 is 14.3 Å². The summed E-state index contributed by atoms with van der Waals surface area (Å²) < 4.78 is 5.27. The maximum absolute atomic E-state index is 11.7. The van der Waals surface area contributed by atoms with E-state index < -0.39 is 5.91 Å². The minimum Gasteiger partial charge on any atom is -0.482 e. The van der Waals surface area contributed by atoms with E-state index in [-0.39, 0.29) is 12.5 Å². The second kappa shape index (κ2) is 8.03. The number of para-hydroxylation sites is 1. The first-order chi connectivity index (χ1) is 10.7. The molecule has 6 nitrogen and oxygen atoms in total. The standard InChI is InChI=1S/C16H19N3O3/c17-10-13-7-3-4-8-14(13)22-11-16(21)19-18-15(20)9-12-5-1-2-6-12/h3-4,7-8,12H,1-2,5-6,9,11H2,(H,18,20)(H,19,21). The van der Waals surface area contributed by atoms with Crippen LogP contribution in [0.3, 0.4) is 0 Å². The van der Waals surface area contributed by atoms with Crippen LogP contribution < -0.4 is 15.6 Å². The quantitative estimate of drug-likeness (QED) is 0.809. The summed E-state index contributed by atoms with van der Waals surface area (Å²) in [5.41, 5.74) is 5.07. The number of nitrogens with zero attached hydrogens (tertiary/aromatic N) is 1. The number of rotatable bonds is 5. The molecule has 1 aliphatic rings. The minimum absolute atomic E-state index is 0.183. The number of hydrazine groups is 1. The van der Waals surface area contributed by atoms with Crippen molar-refractivity contribution in [2.24, 2.45) is 5.92 Å². The first-order valence-corrected chi connectivity index (χ1v) is 7.38. The number of carbonyl (C=O) groups is 2. The Morgan fingerprint density at radius 1 is 1.18 bits per heavy atom. The first-order valence-electron chi connectivity index (χ1n) is 7.38. The zero-order valence-corrected chi connectivity index (χ0v) is 12.3. The van der Waals surface area contributed by atoms with Crippen molar-refractivity contribution in [3.05, 3.63) is 29.8 Å². The normalized spacial score (nSPS) is 14.1. The van der Waals surface area contributed by atoms with Crippen molar-refractivity contribution in [3.63, 3.8) is 0 Å². The van der Waals surface area contributed by atoms with Gasteiger partial charge in [0, 0.05) is 6.42 Å². The largest absolute Gasteiger partial charge is 0.482 e. The number of ether oxygens (including phenoxy) is 1. The van der Waals surface area contributed by atoms with Crippen LogP contribution in [-0.4, -0.2) is 18.4 Å². The SMILES string of the molecule is N#Cc1ccccc1OCC(=O)NNC(=O)CC1CCCC1. The third-order valence-electron chi connectivity index (χ3n) is 3.66. The lowest BCUT2D eigenvalue weighted by Gasteiger charge is -2.11. The maximum atomic E-state index is 11.7. The van der Waals surface area contributed by atoms with E-state index in [9.17, 15) is 9.59 Å². The van der Waals surface area contributed by atoms with Crippen molar-refractivity contribution in [1.29, 1.82) is 5.26 Å². The summed E-state index contributed by atoms with van der Waals surface area (Å²) in [4.78, 5) is 23.3. The van der Waals surface area contributed by atoms with E-state index in [1.807, 2.05) is 6.07 Å². The molecule has 2 rings (SSSR count). The molecule has 2 amide bonds. The van der Waals surface area contributed by atoms with Gasteiger partial charge in [0.1, 0.15) is 11.8 Å². The highest BCUT2D eigenvalue weighted by Gasteiger charge is 2.18. The fourth-order valence-electron chi connectivity index (χ4n) is 2.53. The van der Waals surface area contributed by atoms with Crippen LogP contribution in [0.25, 0.3) is 0 Å². The van der Waals surface area contributed by atoms with Gasteiger partial charge in [0.25, 0.3) is 5.91 Å². The molecule has 0 aromatic heterocycles. The van der Waals surface area contributed by atoms with Gasteiger partial charge in [-0.05, 0) is 30.9 Å². The van der Waals surface area contributed by atoms with E-state index >= 15 is 0 Å². The Kier molecular flexibility index (Phi) is 5.78. The van der Waals surface area contributed by atoms with Gasteiger partial charge < -0.3 is 4.74 Å². The van der Waals surface area contributed by atoms with Crippen LogP contribution >= 0.6 is 0 Å². The summed E-state index contributed by atoms with van der Waals surface area (Å²) in [6.45, 7) is -0.262. The highest BCUT2D eigenvalue weighted by molar-refractivity contribution is 5.82. The minimum atomic E-state index is -0.465. The molecule has 1 aliphatic carbocycles. The number of nitrogens with one attached hydrogen (secondary N) is 2. The van der Waals surface area contributed by atoms with Crippen LogP contribution in [-0.2, 0) is 9.59 Å². The van der Waals surface area contributed by atoms with Crippen molar-refractivity contribution in [2.75, 3.05) is 6.61 Å². The summed E-state index contributed by atoms with van der Waals surface area (Å²) in [5, 5.41) is 8.91. The number of hydrogen-bond donors (Lipinski definition) is 2. The summed E-state index contributed by atoms with van der Waals surface area (Å²) >= 11 is 0. The highest BCUT2D eigenvalue weighted by Crippen LogP contribution is 2.27. The molecule has 1 aromatic rings. The number of amides is 2. The van der Waals surface area contributed by atoms with E-state index in [2.05, 4.69) is 10.9 Å². The molecule has 0 unspecified atom stereocenters. The van der Waals surface area contributed by atoms with Crippen LogP contribution in [0.4, 0.5) is 0 Å². The van der Waals surface area contributed by atoms with Crippen molar-refractivity contribution in [1.82, 2.24) is 10.9 Å². The van der Waals surface area contributed by atoms with Gasteiger partial charge in [-0.2, -0.15) is 5.26 Å². The maximum Gasteiger partial charge on any atom is 0.276 e. The Morgan fingerprint density at radius 3 is 2.59 bits per heavy atom. The Morgan fingerprint density at radius 2 is 1.86 bits per heavy atom.